The zero-order chi connectivity index (χ0) is 18.3. The van der Waals surface area contributed by atoms with Gasteiger partial charge in [0, 0.05) is 24.2 Å². The second-order valence-corrected chi connectivity index (χ2v) is 5.93. The number of alkyl carbamates (subject to hydrolysis) is 1. The monoisotopic (exact) mass is 374 g/mol. The predicted octanol–water partition coefficient (Wildman–Crippen LogP) is 3.44. The van der Waals surface area contributed by atoms with Crippen LogP contribution in [0, 0.1) is 0 Å². The Morgan fingerprint density at radius 2 is 2.04 bits per heavy atom. The summed E-state index contributed by atoms with van der Waals surface area (Å²) in [5, 5.41) is 6.84. The molecule has 0 bridgehead atoms. The molecule has 1 aromatic carbocycles. The third-order valence-corrected chi connectivity index (χ3v) is 3.75. The molecule has 1 aromatic heterocycles. The van der Waals surface area contributed by atoms with E-state index in [1.165, 1.54) is 11.8 Å². The SMILES string of the molecule is CCNc1nc(SCCNC(=O)OCC(F)(F)F)nc2ccccc12. The molecule has 0 saturated carbocycles. The van der Waals surface area contributed by atoms with Gasteiger partial charge in [-0.15, -0.1) is 0 Å². The summed E-state index contributed by atoms with van der Waals surface area (Å²) in [5.41, 5.74) is 0.786. The Labute approximate surface area is 146 Å². The second kappa shape index (κ2) is 8.75. The van der Waals surface area contributed by atoms with Crippen molar-refractivity contribution in [2.45, 2.75) is 18.3 Å². The van der Waals surface area contributed by atoms with E-state index < -0.39 is 18.9 Å². The molecule has 2 aromatic rings. The molecule has 0 radical (unpaired) electrons. The van der Waals surface area contributed by atoms with Crippen LogP contribution in [-0.4, -0.2) is 47.7 Å². The number of fused-ring (bicyclic) bond motifs is 1. The zero-order valence-electron chi connectivity index (χ0n) is 13.4. The van der Waals surface area contributed by atoms with Gasteiger partial charge >= 0.3 is 12.3 Å². The lowest BCUT2D eigenvalue weighted by Gasteiger charge is -2.10. The van der Waals surface area contributed by atoms with Gasteiger partial charge < -0.3 is 15.4 Å². The molecule has 0 aliphatic carbocycles. The van der Waals surface area contributed by atoms with Crippen molar-refractivity contribution in [3.05, 3.63) is 24.3 Å². The Morgan fingerprint density at radius 3 is 2.76 bits per heavy atom. The summed E-state index contributed by atoms with van der Waals surface area (Å²) in [5.74, 6) is 1.11. The van der Waals surface area contributed by atoms with Gasteiger partial charge in [0.1, 0.15) is 5.82 Å². The molecular weight excluding hydrogens is 357 g/mol. The number of ether oxygens (including phenoxy) is 1. The van der Waals surface area contributed by atoms with Crippen LogP contribution in [-0.2, 0) is 4.74 Å². The fraction of sp³-hybridized carbons (Fsp3) is 0.400. The molecule has 0 unspecified atom stereocenters. The van der Waals surface area contributed by atoms with Crippen LogP contribution in [0.1, 0.15) is 6.92 Å². The van der Waals surface area contributed by atoms with Crippen molar-refractivity contribution in [3.63, 3.8) is 0 Å². The molecule has 2 N–H and O–H groups in total. The number of carbonyl (C=O) groups excluding carboxylic acids is 1. The van der Waals surface area contributed by atoms with Gasteiger partial charge in [-0.2, -0.15) is 13.2 Å². The number of rotatable bonds is 7. The summed E-state index contributed by atoms with van der Waals surface area (Å²) >= 11 is 1.29. The van der Waals surface area contributed by atoms with Crippen molar-refractivity contribution in [1.29, 1.82) is 0 Å². The van der Waals surface area contributed by atoms with Gasteiger partial charge in [0.15, 0.2) is 11.8 Å². The fourth-order valence-corrected chi connectivity index (χ4v) is 2.62. The Hall–Kier alpha value is -2.23. The van der Waals surface area contributed by atoms with Crippen molar-refractivity contribution in [2.75, 3.05) is 30.8 Å². The highest BCUT2D eigenvalue weighted by molar-refractivity contribution is 7.99. The van der Waals surface area contributed by atoms with E-state index >= 15 is 0 Å². The number of halogens is 3. The molecule has 10 heteroatoms. The quantitative estimate of drug-likeness (QED) is 0.439. The van der Waals surface area contributed by atoms with Crippen molar-refractivity contribution < 1.29 is 22.7 Å². The van der Waals surface area contributed by atoms with Crippen LogP contribution >= 0.6 is 11.8 Å². The normalized spacial score (nSPS) is 11.4. The number of hydrogen-bond acceptors (Lipinski definition) is 6. The number of hydrogen-bond donors (Lipinski definition) is 2. The van der Waals surface area contributed by atoms with Crippen molar-refractivity contribution in [1.82, 2.24) is 15.3 Å². The second-order valence-electron chi connectivity index (χ2n) is 4.87. The number of para-hydroxylation sites is 1. The van der Waals surface area contributed by atoms with E-state index in [1.54, 1.807) is 0 Å². The van der Waals surface area contributed by atoms with E-state index in [2.05, 4.69) is 25.3 Å². The first-order valence-electron chi connectivity index (χ1n) is 7.50. The Bertz CT molecular complexity index is 727. The van der Waals surface area contributed by atoms with Crippen LogP contribution < -0.4 is 10.6 Å². The highest BCUT2D eigenvalue weighted by Crippen LogP contribution is 2.24. The van der Waals surface area contributed by atoms with Gasteiger partial charge in [0.2, 0.25) is 0 Å². The van der Waals surface area contributed by atoms with Crippen molar-refractivity contribution >= 4 is 34.6 Å². The van der Waals surface area contributed by atoms with Crippen molar-refractivity contribution in [2.24, 2.45) is 0 Å². The molecule has 0 aliphatic rings. The average Bonchev–Trinajstić information content (AvgIpc) is 2.56. The molecule has 0 atom stereocenters. The average molecular weight is 374 g/mol. The van der Waals surface area contributed by atoms with E-state index in [0.717, 1.165) is 10.9 Å². The topological polar surface area (TPSA) is 76.1 Å². The first-order valence-corrected chi connectivity index (χ1v) is 8.48. The summed E-state index contributed by atoms with van der Waals surface area (Å²) in [6.45, 7) is 1.19. The third-order valence-electron chi connectivity index (χ3n) is 2.90. The minimum atomic E-state index is -4.53. The van der Waals surface area contributed by atoms with Gasteiger partial charge in [-0.25, -0.2) is 14.8 Å². The number of benzene rings is 1. The minimum Gasteiger partial charge on any atom is -0.440 e. The highest BCUT2D eigenvalue weighted by atomic mass is 32.2. The van der Waals surface area contributed by atoms with E-state index in [0.29, 0.717) is 23.3 Å². The fourth-order valence-electron chi connectivity index (χ4n) is 1.92. The van der Waals surface area contributed by atoms with Crippen molar-refractivity contribution in [3.8, 4) is 0 Å². The molecular formula is C15H17F3N4O2S. The standard InChI is InChI=1S/C15H17F3N4O2S/c1-2-19-12-10-5-3-4-6-11(10)21-13(22-12)25-8-7-20-14(23)24-9-15(16,17)18/h3-6H,2,7-9H2,1H3,(H,20,23)(H,19,21,22). The van der Waals surface area contributed by atoms with Gasteiger partial charge in [-0.05, 0) is 19.1 Å². The lowest BCUT2D eigenvalue weighted by atomic mass is 10.2. The molecule has 0 fully saturated rings. The number of nitrogens with zero attached hydrogens (tertiary/aromatic N) is 2. The first kappa shape index (κ1) is 19.1. The Balaban J connectivity index is 1.87. The maximum absolute atomic E-state index is 11.9. The van der Waals surface area contributed by atoms with Crippen LogP contribution in [0.2, 0.25) is 0 Å². The largest absolute Gasteiger partial charge is 0.440 e. The summed E-state index contributed by atoms with van der Waals surface area (Å²) in [6.07, 6.45) is -5.64. The molecule has 136 valence electrons. The molecule has 2 rings (SSSR count). The summed E-state index contributed by atoms with van der Waals surface area (Å²) in [6, 6.07) is 7.56. The number of amides is 1. The molecule has 1 heterocycles. The summed E-state index contributed by atoms with van der Waals surface area (Å²) in [7, 11) is 0. The molecule has 0 spiro atoms. The highest BCUT2D eigenvalue weighted by Gasteiger charge is 2.29. The number of alkyl halides is 3. The Kier molecular flexibility index (Phi) is 6.68. The summed E-state index contributed by atoms with van der Waals surface area (Å²) < 4.78 is 39.8. The van der Waals surface area contributed by atoms with Crippen LogP contribution in [0.4, 0.5) is 23.8 Å². The molecule has 1 amide bonds. The third kappa shape index (κ3) is 6.29. The van der Waals surface area contributed by atoms with Crippen LogP contribution in [0.15, 0.2) is 29.4 Å². The first-order chi connectivity index (χ1) is 11.9. The smallest absolute Gasteiger partial charge is 0.422 e. The molecule has 0 aliphatic heterocycles. The van der Waals surface area contributed by atoms with E-state index in [-0.39, 0.29) is 6.54 Å². The maximum atomic E-state index is 11.9. The molecule has 6 nitrogen and oxygen atoms in total. The number of nitrogens with one attached hydrogen (secondary N) is 2. The lowest BCUT2D eigenvalue weighted by molar-refractivity contribution is -0.160. The van der Waals surface area contributed by atoms with Crippen LogP contribution in [0.3, 0.4) is 0 Å². The maximum Gasteiger partial charge on any atom is 0.422 e. The zero-order valence-corrected chi connectivity index (χ0v) is 14.2. The number of aromatic nitrogens is 2. The minimum absolute atomic E-state index is 0.133. The number of anilines is 1. The van der Waals surface area contributed by atoms with Crippen LogP contribution in [0.25, 0.3) is 10.9 Å². The predicted molar refractivity (Wildman–Crippen MR) is 89.8 cm³/mol. The number of thioether (sulfide) groups is 1. The van der Waals surface area contributed by atoms with E-state index in [1.807, 2.05) is 31.2 Å². The van der Waals surface area contributed by atoms with Gasteiger partial charge in [0.05, 0.1) is 5.52 Å². The lowest BCUT2D eigenvalue weighted by Crippen LogP contribution is -2.30. The number of carbonyl (C=O) groups is 1. The Morgan fingerprint density at radius 1 is 1.28 bits per heavy atom. The van der Waals surface area contributed by atoms with Gasteiger partial charge in [0.25, 0.3) is 0 Å². The molecule has 25 heavy (non-hydrogen) atoms. The molecule has 0 saturated heterocycles. The van der Waals surface area contributed by atoms with E-state index in [4.69, 9.17) is 0 Å². The van der Waals surface area contributed by atoms with Gasteiger partial charge in [-0.1, -0.05) is 23.9 Å². The van der Waals surface area contributed by atoms with Crippen LogP contribution in [0.5, 0.6) is 0 Å². The van der Waals surface area contributed by atoms with Gasteiger partial charge in [-0.3, -0.25) is 0 Å². The summed E-state index contributed by atoms with van der Waals surface area (Å²) in [4.78, 5) is 20.0. The van der Waals surface area contributed by atoms with E-state index in [9.17, 15) is 18.0 Å².